The molecule has 0 saturated carbocycles. The van der Waals surface area contributed by atoms with Crippen molar-refractivity contribution < 1.29 is 4.79 Å². The van der Waals surface area contributed by atoms with Crippen molar-refractivity contribution in [2.24, 2.45) is 5.73 Å². The van der Waals surface area contributed by atoms with Crippen molar-refractivity contribution in [2.45, 2.75) is 13.3 Å². The van der Waals surface area contributed by atoms with Gasteiger partial charge in [0.25, 0.3) is 0 Å². The summed E-state index contributed by atoms with van der Waals surface area (Å²) in [6, 6.07) is 7.78. The number of benzene rings is 1. The van der Waals surface area contributed by atoms with Crippen LogP contribution in [0.3, 0.4) is 0 Å². The summed E-state index contributed by atoms with van der Waals surface area (Å²) in [5.41, 5.74) is 8.15. The molecule has 3 nitrogen and oxygen atoms in total. The fourth-order valence-corrected chi connectivity index (χ4v) is 1.65. The standard InChI is InChI=1S/C12H12N2O/c1-8-4-5-14-11-6-9(7-12(13)15)2-3-10(8)11/h2-6H,7H2,1H3,(H2,13,15). The van der Waals surface area contributed by atoms with Gasteiger partial charge < -0.3 is 5.73 Å². The summed E-state index contributed by atoms with van der Waals surface area (Å²) in [5.74, 6) is -0.318. The van der Waals surface area contributed by atoms with E-state index in [0.29, 0.717) is 0 Å². The first-order valence-corrected chi connectivity index (χ1v) is 4.79. The molecule has 2 rings (SSSR count). The zero-order chi connectivity index (χ0) is 10.8. The maximum Gasteiger partial charge on any atom is 0.221 e. The van der Waals surface area contributed by atoms with Gasteiger partial charge in [0, 0.05) is 11.6 Å². The third-order valence-corrected chi connectivity index (χ3v) is 2.40. The van der Waals surface area contributed by atoms with Crippen molar-refractivity contribution >= 4 is 16.8 Å². The lowest BCUT2D eigenvalue weighted by atomic mass is 10.1. The van der Waals surface area contributed by atoms with Crippen LogP contribution in [0.15, 0.2) is 30.5 Å². The number of fused-ring (bicyclic) bond motifs is 1. The van der Waals surface area contributed by atoms with Gasteiger partial charge in [0.1, 0.15) is 0 Å². The number of amides is 1. The first-order valence-electron chi connectivity index (χ1n) is 4.79. The number of nitrogens with zero attached hydrogens (tertiary/aromatic N) is 1. The largest absolute Gasteiger partial charge is 0.369 e. The average molecular weight is 200 g/mol. The Balaban J connectivity index is 2.52. The van der Waals surface area contributed by atoms with Gasteiger partial charge in [-0.3, -0.25) is 9.78 Å². The molecule has 2 N–H and O–H groups in total. The van der Waals surface area contributed by atoms with Crippen molar-refractivity contribution in [1.82, 2.24) is 4.98 Å². The molecular formula is C12H12N2O. The Morgan fingerprint density at radius 2 is 2.20 bits per heavy atom. The van der Waals surface area contributed by atoms with Crippen molar-refractivity contribution in [1.29, 1.82) is 0 Å². The number of pyridine rings is 1. The highest BCUT2D eigenvalue weighted by atomic mass is 16.1. The first kappa shape index (κ1) is 9.65. The van der Waals surface area contributed by atoms with E-state index in [1.807, 2.05) is 31.2 Å². The first-order chi connectivity index (χ1) is 7.16. The Morgan fingerprint density at radius 3 is 2.93 bits per heavy atom. The van der Waals surface area contributed by atoms with Gasteiger partial charge in [-0.2, -0.15) is 0 Å². The summed E-state index contributed by atoms with van der Waals surface area (Å²) < 4.78 is 0. The molecule has 1 amide bonds. The van der Waals surface area contributed by atoms with Gasteiger partial charge in [-0.05, 0) is 30.2 Å². The van der Waals surface area contributed by atoms with Crippen LogP contribution in [0.1, 0.15) is 11.1 Å². The molecule has 0 aliphatic heterocycles. The van der Waals surface area contributed by atoms with E-state index in [9.17, 15) is 4.79 Å². The molecule has 0 aliphatic rings. The van der Waals surface area contributed by atoms with E-state index in [1.54, 1.807) is 6.20 Å². The van der Waals surface area contributed by atoms with Crippen LogP contribution in [-0.2, 0) is 11.2 Å². The fraction of sp³-hybridized carbons (Fsp3) is 0.167. The molecular weight excluding hydrogens is 188 g/mol. The quantitative estimate of drug-likeness (QED) is 0.800. The van der Waals surface area contributed by atoms with Crippen LogP contribution in [0.25, 0.3) is 10.9 Å². The van der Waals surface area contributed by atoms with Gasteiger partial charge in [0.2, 0.25) is 5.91 Å². The third-order valence-electron chi connectivity index (χ3n) is 2.40. The van der Waals surface area contributed by atoms with E-state index in [4.69, 9.17) is 5.73 Å². The Labute approximate surface area is 87.9 Å². The van der Waals surface area contributed by atoms with E-state index < -0.39 is 0 Å². The van der Waals surface area contributed by atoms with Gasteiger partial charge in [-0.15, -0.1) is 0 Å². The van der Waals surface area contributed by atoms with E-state index in [1.165, 1.54) is 5.56 Å². The van der Waals surface area contributed by atoms with Crippen LogP contribution in [0.2, 0.25) is 0 Å². The molecule has 15 heavy (non-hydrogen) atoms. The van der Waals surface area contributed by atoms with Gasteiger partial charge >= 0.3 is 0 Å². The van der Waals surface area contributed by atoms with Crippen LogP contribution < -0.4 is 5.73 Å². The lowest BCUT2D eigenvalue weighted by Crippen LogP contribution is -2.13. The number of hydrogen-bond acceptors (Lipinski definition) is 2. The molecule has 3 heteroatoms. The third kappa shape index (κ3) is 1.96. The summed E-state index contributed by atoms with van der Waals surface area (Å²) in [6.07, 6.45) is 2.04. The van der Waals surface area contributed by atoms with E-state index in [0.717, 1.165) is 16.5 Å². The zero-order valence-electron chi connectivity index (χ0n) is 8.53. The molecule has 2 aromatic rings. The number of primary amides is 1. The van der Waals surface area contributed by atoms with Crippen LogP contribution in [-0.4, -0.2) is 10.9 Å². The molecule has 1 aromatic carbocycles. The Hall–Kier alpha value is -1.90. The number of carbonyl (C=O) groups is 1. The van der Waals surface area contributed by atoms with Crippen LogP contribution >= 0.6 is 0 Å². The average Bonchev–Trinajstić information content (AvgIpc) is 2.17. The Bertz CT molecular complexity index is 520. The van der Waals surface area contributed by atoms with Crippen molar-refractivity contribution in [3.63, 3.8) is 0 Å². The lowest BCUT2D eigenvalue weighted by Gasteiger charge is -2.03. The van der Waals surface area contributed by atoms with Crippen LogP contribution in [0.5, 0.6) is 0 Å². The number of hydrogen-bond donors (Lipinski definition) is 1. The van der Waals surface area contributed by atoms with E-state index in [2.05, 4.69) is 4.98 Å². The molecule has 0 spiro atoms. The normalized spacial score (nSPS) is 10.5. The molecule has 0 atom stereocenters. The Kier molecular flexibility index (Phi) is 2.37. The smallest absolute Gasteiger partial charge is 0.221 e. The molecule has 0 unspecified atom stereocenters. The minimum absolute atomic E-state index is 0.269. The molecule has 76 valence electrons. The molecule has 1 heterocycles. The van der Waals surface area contributed by atoms with E-state index >= 15 is 0 Å². The second kappa shape index (κ2) is 3.69. The molecule has 0 bridgehead atoms. The summed E-state index contributed by atoms with van der Waals surface area (Å²) in [6.45, 7) is 2.04. The zero-order valence-corrected chi connectivity index (χ0v) is 8.53. The summed E-state index contributed by atoms with van der Waals surface area (Å²) in [5, 5.41) is 1.12. The highest BCUT2D eigenvalue weighted by molar-refractivity contribution is 5.84. The monoisotopic (exact) mass is 200 g/mol. The lowest BCUT2D eigenvalue weighted by molar-refractivity contribution is -0.117. The number of rotatable bonds is 2. The second-order valence-electron chi connectivity index (χ2n) is 3.62. The highest BCUT2D eigenvalue weighted by Crippen LogP contribution is 2.17. The number of aromatic nitrogens is 1. The molecule has 0 fully saturated rings. The minimum Gasteiger partial charge on any atom is -0.369 e. The second-order valence-corrected chi connectivity index (χ2v) is 3.62. The maximum atomic E-state index is 10.8. The van der Waals surface area contributed by atoms with Crippen LogP contribution in [0, 0.1) is 6.92 Å². The highest BCUT2D eigenvalue weighted by Gasteiger charge is 2.02. The van der Waals surface area contributed by atoms with Crippen molar-refractivity contribution in [3.05, 3.63) is 41.6 Å². The molecule has 0 aliphatic carbocycles. The maximum absolute atomic E-state index is 10.8. The number of nitrogens with two attached hydrogens (primary N) is 1. The van der Waals surface area contributed by atoms with Gasteiger partial charge in [0.05, 0.1) is 11.9 Å². The molecule has 1 aromatic heterocycles. The van der Waals surface area contributed by atoms with Gasteiger partial charge in [0.15, 0.2) is 0 Å². The number of carbonyl (C=O) groups excluding carboxylic acids is 1. The number of aryl methyl sites for hydroxylation is 1. The molecule has 0 radical (unpaired) electrons. The predicted molar refractivity (Wildman–Crippen MR) is 59.4 cm³/mol. The summed E-state index contributed by atoms with van der Waals surface area (Å²) >= 11 is 0. The summed E-state index contributed by atoms with van der Waals surface area (Å²) in [7, 11) is 0. The minimum atomic E-state index is -0.318. The van der Waals surface area contributed by atoms with E-state index in [-0.39, 0.29) is 12.3 Å². The van der Waals surface area contributed by atoms with Gasteiger partial charge in [-0.25, -0.2) is 0 Å². The Morgan fingerprint density at radius 1 is 1.40 bits per heavy atom. The predicted octanol–water partition coefficient (Wildman–Crippen LogP) is 1.57. The fourth-order valence-electron chi connectivity index (χ4n) is 1.65. The van der Waals surface area contributed by atoms with Crippen molar-refractivity contribution in [3.8, 4) is 0 Å². The summed E-state index contributed by atoms with van der Waals surface area (Å²) in [4.78, 5) is 15.0. The topological polar surface area (TPSA) is 56.0 Å². The van der Waals surface area contributed by atoms with Gasteiger partial charge in [-0.1, -0.05) is 12.1 Å². The van der Waals surface area contributed by atoms with Crippen LogP contribution in [0.4, 0.5) is 0 Å². The van der Waals surface area contributed by atoms with Crippen molar-refractivity contribution in [2.75, 3.05) is 0 Å². The molecule has 0 saturated heterocycles. The SMILES string of the molecule is Cc1ccnc2cc(CC(N)=O)ccc12.